The third kappa shape index (κ3) is 3.27. The summed E-state index contributed by atoms with van der Waals surface area (Å²) in [7, 11) is 0. The number of aromatic nitrogens is 2. The molecule has 0 saturated heterocycles. The molecule has 4 aromatic rings. The maximum atomic E-state index is 13.1. The summed E-state index contributed by atoms with van der Waals surface area (Å²) >= 11 is 0. The minimum atomic E-state index is -0.321. The van der Waals surface area contributed by atoms with Gasteiger partial charge in [-0.2, -0.15) is 5.10 Å². The largest absolute Gasteiger partial charge is 0.320 e. The van der Waals surface area contributed by atoms with E-state index in [9.17, 15) is 9.59 Å². The van der Waals surface area contributed by atoms with Gasteiger partial charge in [-0.05, 0) is 23.9 Å². The van der Waals surface area contributed by atoms with E-state index in [-0.39, 0.29) is 17.2 Å². The number of aryl methyl sites for hydroxylation is 1. The van der Waals surface area contributed by atoms with Crippen LogP contribution in [0.2, 0.25) is 0 Å². The minimum Gasteiger partial charge on any atom is -0.320 e. The van der Waals surface area contributed by atoms with Gasteiger partial charge in [0.1, 0.15) is 0 Å². The molecule has 28 heavy (non-hydrogen) atoms. The molecule has 0 spiro atoms. The van der Waals surface area contributed by atoms with Crippen molar-refractivity contribution in [3.05, 3.63) is 82.8 Å². The molecule has 5 heteroatoms. The Morgan fingerprint density at radius 1 is 0.929 bits per heavy atom. The van der Waals surface area contributed by atoms with Gasteiger partial charge in [0.25, 0.3) is 11.5 Å². The van der Waals surface area contributed by atoms with Crippen molar-refractivity contribution in [3.63, 3.8) is 0 Å². The smallest absolute Gasteiger partial charge is 0.276 e. The Labute approximate surface area is 162 Å². The zero-order chi connectivity index (χ0) is 19.5. The molecule has 1 amide bonds. The zero-order valence-corrected chi connectivity index (χ0v) is 15.7. The number of rotatable bonds is 5. The van der Waals surface area contributed by atoms with Gasteiger partial charge in [0, 0.05) is 23.0 Å². The Morgan fingerprint density at radius 2 is 1.61 bits per heavy atom. The molecule has 0 radical (unpaired) electrons. The number of amides is 1. The second-order valence-electron chi connectivity index (χ2n) is 6.76. The molecule has 3 aromatic carbocycles. The SMILES string of the molecule is CCCCn1nc(C(=O)Nc2cccc3ccccc23)c2ccccc2c1=O. The number of hydrogen-bond acceptors (Lipinski definition) is 3. The Balaban J connectivity index is 1.80. The fourth-order valence-electron chi connectivity index (χ4n) is 3.38. The Morgan fingerprint density at radius 3 is 2.39 bits per heavy atom. The normalized spacial score (nSPS) is 11.0. The van der Waals surface area contributed by atoms with E-state index >= 15 is 0 Å². The number of unbranched alkanes of at least 4 members (excludes halogenated alkanes) is 1. The summed E-state index contributed by atoms with van der Waals surface area (Å²) in [4.78, 5) is 25.8. The summed E-state index contributed by atoms with van der Waals surface area (Å²) in [6, 6.07) is 20.8. The first-order valence-corrected chi connectivity index (χ1v) is 9.48. The lowest BCUT2D eigenvalue weighted by Gasteiger charge is -2.12. The number of nitrogens with zero attached hydrogens (tertiary/aromatic N) is 2. The van der Waals surface area contributed by atoms with E-state index in [1.807, 2.05) is 48.5 Å². The van der Waals surface area contributed by atoms with Crippen LogP contribution in [-0.2, 0) is 6.54 Å². The number of nitrogens with one attached hydrogen (secondary N) is 1. The molecule has 0 aliphatic heterocycles. The van der Waals surface area contributed by atoms with Crippen LogP contribution in [0.25, 0.3) is 21.5 Å². The number of carbonyl (C=O) groups excluding carboxylic acids is 1. The summed E-state index contributed by atoms with van der Waals surface area (Å²) in [5.41, 5.74) is 0.824. The number of anilines is 1. The van der Waals surface area contributed by atoms with Crippen LogP contribution in [-0.4, -0.2) is 15.7 Å². The average molecular weight is 371 g/mol. The van der Waals surface area contributed by atoms with Gasteiger partial charge >= 0.3 is 0 Å². The zero-order valence-electron chi connectivity index (χ0n) is 15.7. The predicted octanol–water partition coefficient (Wildman–Crippen LogP) is 4.60. The number of fused-ring (bicyclic) bond motifs is 2. The molecule has 0 bridgehead atoms. The summed E-state index contributed by atoms with van der Waals surface area (Å²) in [5, 5.41) is 10.5. The molecule has 1 N–H and O–H groups in total. The maximum absolute atomic E-state index is 13.1. The van der Waals surface area contributed by atoms with Crippen molar-refractivity contribution in [2.24, 2.45) is 0 Å². The highest BCUT2D eigenvalue weighted by molar-refractivity contribution is 6.13. The third-order valence-electron chi connectivity index (χ3n) is 4.84. The number of benzene rings is 3. The lowest BCUT2D eigenvalue weighted by atomic mass is 10.1. The standard InChI is InChI=1S/C23H21N3O2/c1-2-3-15-26-23(28)19-13-7-6-12-18(19)21(25-26)22(27)24-20-14-8-10-16-9-4-5-11-17(16)20/h4-14H,2-3,15H2,1H3,(H,24,27). The lowest BCUT2D eigenvalue weighted by Crippen LogP contribution is -2.27. The monoisotopic (exact) mass is 371 g/mol. The molecule has 140 valence electrons. The predicted molar refractivity (Wildman–Crippen MR) is 113 cm³/mol. The summed E-state index contributed by atoms with van der Waals surface area (Å²) in [6.07, 6.45) is 1.77. The molecule has 0 atom stereocenters. The van der Waals surface area contributed by atoms with Crippen LogP contribution in [0.1, 0.15) is 30.3 Å². The van der Waals surface area contributed by atoms with Gasteiger partial charge in [-0.25, -0.2) is 4.68 Å². The Bertz CT molecular complexity index is 1220. The average Bonchev–Trinajstić information content (AvgIpc) is 2.73. The molecule has 1 aromatic heterocycles. The maximum Gasteiger partial charge on any atom is 0.276 e. The Hall–Kier alpha value is -3.47. The van der Waals surface area contributed by atoms with E-state index in [1.54, 1.807) is 18.2 Å². The highest BCUT2D eigenvalue weighted by Gasteiger charge is 2.17. The van der Waals surface area contributed by atoms with Gasteiger partial charge in [0.05, 0.1) is 5.39 Å². The molecule has 5 nitrogen and oxygen atoms in total. The Kier molecular flexibility index (Phi) is 4.89. The van der Waals surface area contributed by atoms with Crippen LogP contribution >= 0.6 is 0 Å². The fourth-order valence-corrected chi connectivity index (χ4v) is 3.38. The molecular formula is C23H21N3O2. The van der Waals surface area contributed by atoms with Gasteiger partial charge in [0.2, 0.25) is 0 Å². The van der Waals surface area contributed by atoms with Crippen molar-refractivity contribution < 1.29 is 4.79 Å². The summed E-state index contributed by atoms with van der Waals surface area (Å²) in [5.74, 6) is -0.321. The van der Waals surface area contributed by atoms with Crippen LogP contribution in [0.4, 0.5) is 5.69 Å². The van der Waals surface area contributed by atoms with Gasteiger partial charge in [-0.3, -0.25) is 9.59 Å². The van der Waals surface area contributed by atoms with Crippen molar-refractivity contribution in [3.8, 4) is 0 Å². The van der Waals surface area contributed by atoms with E-state index in [4.69, 9.17) is 0 Å². The van der Waals surface area contributed by atoms with Gasteiger partial charge in [-0.15, -0.1) is 0 Å². The summed E-state index contributed by atoms with van der Waals surface area (Å²) in [6.45, 7) is 2.55. The van der Waals surface area contributed by atoms with Gasteiger partial charge in [0.15, 0.2) is 5.69 Å². The van der Waals surface area contributed by atoms with Crippen molar-refractivity contribution in [2.45, 2.75) is 26.3 Å². The van der Waals surface area contributed by atoms with Crippen molar-refractivity contribution in [1.29, 1.82) is 0 Å². The molecule has 4 rings (SSSR count). The molecule has 1 heterocycles. The first kappa shape index (κ1) is 17.9. The van der Waals surface area contributed by atoms with Crippen LogP contribution in [0.15, 0.2) is 71.5 Å². The minimum absolute atomic E-state index is 0.161. The molecule has 0 aliphatic carbocycles. The van der Waals surface area contributed by atoms with E-state index in [0.717, 1.165) is 29.3 Å². The van der Waals surface area contributed by atoms with Gasteiger partial charge < -0.3 is 5.32 Å². The fraction of sp³-hybridized carbons (Fsp3) is 0.174. The second-order valence-corrected chi connectivity index (χ2v) is 6.76. The van der Waals surface area contributed by atoms with E-state index in [2.05, 4.69) is 17.3 Å². The van der Waals surface area contributed by atoms with E-state index < -0.39 is 0 Å². The molecule has 0 saturated carbocycles. The van der Waals surface area contributed by atoms with Crippen LogP contribution in [0.3, 0.4) is 0 Å². The highest BCUT2D eigenvalue weighted by Crippen LogP contribution is 2.24. The number of hydrogen-bond donors (Lipinski definition) is 1. The molecular weight excluding hydrogens is 350 g/mol. The van der Waals surface area contributed by atoms with E-state index in [0.29, 0.717) is 17.3 Å². The first-order chi connectivity index (χ1) is 13.7. The van der Waals surface area contributed by atoms with Crippen molar-refractivity contribution in [2.75, 3.05) is 5.32 Å². The quantitative estimate of drug-likeness (QED) is 0.557. The van der Waals surface area contributed by atoms with E-state index in [1.165, 1.54) is 4.68 Å². The lowest BCUT2D eigenvalue weighted by molar-refractivity contribution is 0.102. The van der Waals surface area contributed by atoms with Crippen LogP contribution in [0, 0.1) is 0 Å². The number of carbonyl (C=O) groups is 1. The second kappa shape index (κ2) is 7.64. The topological polar surface area (TPSA) is 64.0 Å². The molecule has 0 unspecified atom stereocenters. The van der Waals surface area contributed by atoms with Crippen molar-refractivity contribution in [1.82, 2.24) is 9.78 Å². The highest BCUT2D eigenvalue weighted by atomic mass is 16.2. The van der Waals surface area contributed by atoms with Crippen LogP contribution < -0.4 is 10.9 Å². The molecule has 0 fully saturated rings. The van der Waals surface area contributed by atoms with Crippen molar-refractivity contribution >= 4 is 33.1 Å². The summed E-state index contributed by atoms with van der Waals surface area (Å²) < 4.78 is 1.41. The van der Waals surface area contributed by atoms with Crippen LogP contribution in [0.5, 0.6) is 0 Å². The first-order valence-electron chi connectivity index (χ1n) is 9.48. The molecule has 0 aliphatic rings. The van der Waals surface area contributed by atoms with Gasteiger partial charge in [-0.1, -0.05) is 67.9 Å². The third-order valence-corrected chi connectivity index (χ3v) is 4.84.